The zero-order valence-corrected chi connectivity index (χ0v) is 13.8. The lowest BCUT2D eigenvalue weighted by atomic mass is 10.2. The Hall–Kier alpha value is -2.38. The van der Waals surface area contributed by atoms with Crippen LogP contribution in [0.1, 0.15) is 5.56 Å². The first-order valence-corrected chi connectivity index (χ1v) is 7.70. The number of carbonyl (C=O) groups is 1. The molecule has 24 heavy (non-hydrogen) atoms. The minimum absolute atomic E-state index is 0.0248. The van der Waals surface area contributed by atoms with Crippen molar-refractivity contribution in [3.63, 3.8) is 0 Å². The molecule has 0 bridgehead atoms. The number of aromatic nitrogens is 4. The SMILES string of the molecule is O=C(Cn1cc(Cl)cn1)Nc1cnn(Cc2c(F)cccc2Cl)c1. The fourth-order valence-corrected chi connectivity index (χ4v) is 2.51. The summed E-state index contributed by atoms with van der Waals surface area (Å²) in [4.78, 5) is 11.9. The van der Waals surface area contributed by atoms with Gasteiger partial charge in [-0.25, -0.2) is 4.39 Å². The summed E-state index contributed by atoms with van der Waals surface area (Å²) in [7, 11) is 0. The number of hydrogen-bond donors (Lipinski definition) is 1. The first-order valence-electron chi connectivity index (χ1n) is 6.94. The maximum atomic E-state index is 13.8. The maximum absolute atomic E-state index is 13.8. The maximum Gasteiger partial charge on any atom is 0.246 e. The van der Waals surface area contributed by atoms with E-state index in [1.807, 2.05) is 0 Å². The van der Waals surface area contributed by atoms with Crippen molar-refractivity contribution in [3.8, 4) is 0 Å². The first-order chi connectivity index (χ1) is 11.5. The van der Waals surface area contributed by atoms with Gasteiger partial charge in [-0.1, -0.05) is 29.3 Å². The lowest BCUT2D eigenvalue weighted by Gasteiger charge is -2.06. The molecule has 1 amide bonds. The highest BCUT2D eigenvalue weighted by molar-refractivity contribution is 6.31. The van der Waals surface area contributed by atoms with Crippen LogP contribution in [0.2, 0.25) is 10.0 Å². The van der Waals surface area contributed by atoms with Gasteiger partial charge in [0.1, 0.15) is 12.4 Å². The van der Waals surface area contributed by atoms with Gasteiger partial charge < -0.3 is 5.32 Å². The Bertz CT molecular complexity index is 856. The molecule has 1 aromatic carbocycles. The standard InChI is InChI=1S/C15H12Cl2FN5O/c16-10-4-19-22(6-10)9-15(24)21-11-5-20-23(7-11)8-12-13(17)2-1-3-14(12)18/h1-7H,8-9H2,(H,21,24). The summed E-state index contributed by atoms with van der Waals surface area (Å²) in [6, 6.07) is 4.49. The van der Waals surface area contributed by atoms with Crippen LogP contribution < -0.4 is 5.32 Å². The quantitative estimate of drug-likeness (QED) is 0.752. The summed E-state index contributed by atoms with van der Waals surface area (Å²) >= 11 is 11.7. The van der Waals surface area contributed by atoms with E-state index in [0.29, 0.717) is 21.3 Å². The summed E-state index contributed by atoms with van der Waals surface area (Å²) in [6.45, 7) is 0.188. The fraction of sp³-hybridized carbons (Fsp3) is 0.133. The molecule has 6 nitrogen and oxygen atoms in total. The van der Waals surface area contributed by atoms with Crippen LogP contribution in [0.3, 0.4) is 0 Å². The fourth-order valence-electron chi connectivity index (χ4n) is 2.13. The molecule has 2 aromatic heterocycles. The van der Waals surface area contributed by atoms with Gasteiger partial charge in [-0.15, -0.1) is 0 Å². The predicted molar refractivity (Wildman–Crippen MR) is 88.6 cm³/mol. The molecule has 0 aliphatic heterocycles. The van der Waals surface area contributed by atoms with Crippen LogP contribution >= 0.6 is 23.2 Å². The van der Waals surface area contributed by atoms with Gasteiger partial charge in [0.15, 0.2) is 0 Å². The molecule has 9 heteroatoms. The van der Waals surface area contributed by atoms with E-state index in [1.54, 1.807) is 18.5 Å². The van der Waals surface area contributed by atoms with Crippen molar-refractivity contribution in [3.05, 3.63) is 64.4 Å². The number of nitrogens with one attached hydrogen (secondary N) is 1. The molecule has 2 heterocycles. The van der Waals surface area contributed by atoms with E-state index in [4.69, 9.17) is 23.2 Å². The topological polar surface area (TPSA) is 64.7 Å². The van der Waals surface area contributed by atoms with Crippen molar-refractivity contribution < 1.29 is 9.18 Å². The van der Waals surface area contributed by atoms with Crippen molar-refractivity contribution in [2.24, 2.45) is 0 Å². The molecule has 0 atom stereocenters. The van der Waals surface area contributed by atoms with E-state index >= 15 is 0 Å². The van der Waals surface area contributed by atoms with Gasteiger partial charge in [-0.05, 0) is 12.1 Å². The first kappa shape index (κ1) is 16.5. The molecule has 0 saturated heterocycles. The normalized spacial score (nSPS) is 10.8. The Morgan fingerprint density at radius 1 is 1.17 bits per heavy atom. The third kappa shape index (κ3) is 3.93. The number of hydrogen-bond acceptors (Lipinski definition) is 3. The second kappa shape index (κ2) is 7.02. The number of anilines is 1. The lowest BCUT2D eigenvalue weighted by Crippen LogP contribution is -2.18. The van der Waals surface area contributed by atoms with Crippen LogP contribution in [0, 0.1) is 5.82 Å². The van der Waals surface area contributed by atoms with Gasteiger partial charge in [-0.2, -0.15) is 10.2 Å². The summed E-state index contributed by atoms with van der Waals surface area (Å²) in [6.07, 6.45) is 6.06. The van der Waals surface area contributed by atoms with Crippen LogP contribution in [0.15, 0.2) is 43.0 Å². The Morgan fingerprint density at radius 3 is 2.67 bits per heavy atom. The van der Waals surface area contributed by atoms with Gasteiger partial charge in [0.25, 0.3) is 0 Å². The summed E-state index contributed by atoms with van der Waals surface area (Å²) in [5.74, 6) is -0.683. The zero-order valence-electron chi connectivity index (χ0n) is 12.3. The van der Waals surface area contributed by atoms with E-state index in [0.717, 1.165) is 0 Å². The van der Waals surface area contributed by atoms with E-state index in [2.05, 4.69) is 15.5 Å². The minimum atomic E-state index is -0.404. The van der Waals surface area contributed by atoms with Crippen LogP contribution in [0.5, 0.6) is 0 Å². The second-order valence-electron chi connectivity index (χ2n) is 5.03. The van der Waals surface area contributed by atoms with Crippen LogP contribution in [-0.4, -0.2) is 25.5 Å². The molecule has 0 unspecified atom stereocenters. The van der Waals surface area contributed by atoms with Crippen molar-refractivity contribution in [2.45, 2.75) is 13.1 Å². The summed E-state index contributed by atoms with van der Waals surface area (Å²) < 4.78 is 16.7. The number of rotatable bonds is 5. The average Bonchev–Trinajstić information content (AvgIpc) is 3.12. The number of halogens is 3. The van der Waals surface area contributed by atoms with Gasteiger partial charge >= 0.3 is 0 Å². The lowest BCUT2D eigenvalue weighted by molar-refractivity contribution is -0.116. The van der Waals surface area contributed by atoms with Gasteiger partial charge in [-0.3, -0.25) is 14.2 Å². The van der Waals surface area contributed by atoms with E-state index in [-0.39, 0.29) is 19.0 Å². The van der Waals surface area contributed by atoms with E-state index in [9.17, 15) is 9.18 Å². The number of nitrogens with zero attached hydrogens (tertiary/aromatic N) is 4. The van der Waals surface area contributed by atoms with Crippen LogP contribution in [0.4, 0.5) is 10.1 Å². The molecule has 0 aliphatic carbocycles. The molecule has 1 N–H and O–H groups in total. The van der Waals surface area contributed by atoms with Gasteiger partial charge in [0, 0.05) is 23.0 Å². The van der Waals surface area contributed by atoms with Crippen molar-refractivity contribution in [1.82, 2.24) is 19.6 Å². The summed E-state index contributed by atoms with van der Waals surface area (Å²) in [5.41, 5.74) is 0.831. The Balaban J connectivity index is 1.64. The molecule has 0 aliphatic rings. The summed E-state index contributed by atoms with van der Waals surface area (Å²) in [5, 5.41) is 11.5. The minimum Gasteiger partial charge on any atom is -0.322 e. The Morgan fingerprint density at radius 2 is 1.96 bits per heavy atom. The van der Waals surface area contributed by atoms with E-state index in [1.165, 1.54) is 33.9 Å². The molecular weight excluding hydrogens is 356 g/mol. The highest BCUT2D eigenvalue weighted by Gasteiger charge is 2.10. The van der Waals surface area contributed by atoms with Gasteiger partial charge in [0.05, 0.1) is 29.6 Å². The zero-order chi connectivity index (χ0) is 17.1. The third-order valence-electron chi connectivity index (χ3n) is 3.21. The van der Waals surface area contributed by atoms with E-state index < -0.39 is 5.82 Å². The monoisotopic (exact) mass is 367 g/mol. The third-order valence-corrected chi connectivity index (χ3v) is 3.76. The Kier molecular flexibility index (Phi) is 4.82. The number of carbonyl (C=O) groups excluding carboxylic acids is 1. The van der Waals surface area contributed by atoms with Gasteiger partial charge in [0.2, 0.25) is 5.91 Å². The van der Waals surface area contributed by atoms with Crippen molar-refractivity contribution in [2.75, 3.05) is 5.32 Å². The molecule has 0 spiro atoms. The molecule has 0 radical (unpaired) electrons. The van der Waals surface area contributed by atoms with Crippen LogP contribution in [0.25, 0.3) is 0 Å². The Labute approximate surface area is 146 Å². The second-order valence-corrected chi connectivity index (χ2v) is 5.87. The highest BCUT2D eigenvalue weighted by Crippen LogP contribution is 2.20. The molecule has 3 aromatic rings. The number of amides is 1. The molecule has 0 fully saturated rings. The van der Waals surface area contributed by atoms with Crippen molar-refractivity contribution in [1.29, 1.82) is 0 Å². The average molecular weight is 368 g/mol. The highest BCUT2D eigenvalue weighted by atomic mass is 35.5. The smallest absolute Gasteiger partial charge is 0.246 e. The molecule has 0 saturated carbocycles. The van der Waals surface area contributed by atoms with Crippen LogP contribution in [-0.2, 0) is 17.9 Å². The molecule has 124 valence electrons. The van der Waals surface area contributed by atoms with Crippen molar-refractivity contribution >= 4 is 34.8 Å². The number of benzene rings is 1. The largest absolute Gasteiger partial charge is 0.322 e. The molecule has 3 rings (SSSR count). The molecular formula is C15H12Cl2FN5O. The predicted octanol–water partition coefficient (Wildman–Crippen LogP) is 3.21.